The summed E-state index contributed by atoms with van der Waals surface area (Å²) >= 11 is 0. The van der Waals surface area contributed by atoms with E-state index in [1.165, 1.54) is 24.0 Å². The van der Waals surface area contributed by atoms with Gasteiger partial charge in [0.15, 0.2) is 0 Å². The first-order chi connectivity index (χ1) is 8.78. The molecule has 2 nitrogen and oxygen atoms in total. The standard InChI is InChI=1S/C16H28N2/c1-4-7-12-18(6-3)16(13-17)15-11-9-8-10-14(15)5-2/h8-11,16H,4-7,12-13,17H2,1-3H3. The molecule has 0 aliphatic rings. The Hall–Kier alpha value is -0.860. The lowest BCUT2D eigenvalue weighted by Gasteiger charge is -2.31. The first-order valence-electron chi connectivity index (χ1n) is 7.30. The second-order valence-electron chi connectivity index (χ2n) is 4.79. The Morgan fingerprint density at radius 2 is 1.89 bits per heavy atom. The van der Waals surface area contributed by atoms with Crippen molar-refractivity contribution in [2.24, 2.45) is 5.73 Å². The molecular formula is C16H28N2. The lowest BCUT2D eigenvalue weighted by atomic mass is 9.97. The van der Waals surface area contributed by atoms with E-state index in [1.54, 1.807) is 0 Å². The van der Waals surface area contributed by atoms with E-state index in [0.717, 1.165) is 19.5 Å². The van der Waals surface area contributed by atoms with Gasteiger partial charge in [-0.2, -0.15) is 0 Å². The van der Waals surface area contributed by atoms with Gasteiger partial charge in [-0.1, -0.05) is 51.5 Å². The molecular weight excluding hydrogens is 220 g/mol. The van der Waals surface area contributed by atoms with E-state index in [1.807, 2.05) is 0 Å². The second-order valence-corrected chi connectivity index (χ2v) is 4.79. The molecule has 0 aliphatic heterocycles. The highest BCUT2D eigenvalue weighted by atomic mass is 15.2. The van der Waals surface area contributed by atoms with E-state index >= 15 is 0 Å². The smallest absolute Gasteiger partial charge is 0.0473 e. The zero-order valence-electron chi connectivity index (χ0n) is 12.2. The van der Waals surface area contributed by atoms with Crippen molar-refractivity contribution in [1.29, 1.82) is 0 Å². The number of likely N-dealkylation sites (N-methyl/N-ethyl adjacent to an activating group) is 1. The average Bonchev–Trinajstić information content (AvgIpc) is 2.43. The van der Waals surface area contributed by atoms with Gasteiger partial charge in [0.2, 0.25) is 0 Å². The van der Waals surface area contributed by atoms with Crippen molar-refractivity contribution < 1.29 is 0 Å². The molecule has 0 fully saturated rings. The molecule has 0 bridgehead atoms. The predicted octanol–water partition coefficient (Wildman–Crippen LogP) is 3.37. The Morgan fingerprint density at radius 3 is 2.44 bits per heavy atom. The van der Waals surface area contributed by atoms with Crippen LogP contribution in [-0.4, -0.2) is 24.5 Å². The molecule has 1 aromatic rings. The maximum absolute atomic E-state index is 6.03. The first-order valence-corrected chi connectivity index (χ1v) is 7.30. The molecule has 1 aromatic carbocycles. The number of hydrogen-bond donors (Lipinski definition) is 1. The maximum atomic E-state index is 6.03. The highest BCUT2D eigenvalue weighted by molar-refractivity contribution is 5.30. The van der Waals surface area contributed by atoms with Gasteiger partial charge in [0.05, 0.1) is 0 Å². The van der Waals surface area contributed by atoms with E-state index in [9.17, 15) is 0 Å². The number of rotatable bonds is 8. The number of nitrogens with two attached hydrogens (primary N) is 1. The third-order valence-corrected chi connectivity index (χ3v) is 3.66. The maximum Gasteiger partial charge on any atom is 0.0473 e. The van der Waals surface area contributed by atoms with Crippen LogP contribution in [0.4, 0.5) is 0 Å². The van der Waals surface area contributed by atoms with E-state index in [-0.39, 0.29) is 0 Å². The van der Waals surface area contributed by atoms with Crippen molar-refractivity contribution >= 4 is 0 Å². The third-order valence-electron chi connectivity index (χ3n) is 3.66. The fraction of sp³-hybridized carbons (Fsp3) is 0.625. The van der Waals surface area contributed by atoms with Crippen LogP contribution in [0, 0.1) is 0 Å². The molecule has 0 aromatic heterocycles. The number of hydrogen-bond acceptors (Lipinski definition) is 2. The summed E-state index contributed by atoms with van der Waals surface area (Å²) < 4.78 is 0. The Kier molecular flexibility index (Phi) is 6.99. The average molecular weight is 248 g/mol. The lowest BCUT2D eigenvalue weighted by Crippen LogP contribution is -2.35. The number of aryl methyl sites for hydroxylation is 1. The van der Waals surface area contributed by atoms with Crippen molar-refractivity contribution in [3.05, 3.63) is 35.4 Å². The Bertz CT molecular complexity index is 336. The van der Waals surface area contributed by atoms with Crippen LogP contribution >= 0.6 is 0 Å². The minimum atomic E-state index is 0.373. The molecule has 1 rings (SSSR count). The Balaban J connectivity index is 2.92. The summed E-state index contributed by atoms with van der Waals surface area (Å²) in [4.78, 5) is 2.51. The summed E-state index contributed by atoms with van der Waals surface area (Å²) in [5, 5.41) is 0. The molecule has 2 heteroatoms. The van der Waals surface area contributed by atoms with Crippen molar-refractivity contribution in [1.82, 2.24) is 4.90 Å². The highest BCUT2D eigenvalue weighted by Crippen LogP contribution is 2.24. The van der Waals surface area contributed by atoms with Crippen molar-refractivity contribution in [3.63, 3.8) is 0 Å². The zero-order valence-corrected chi connectivity index (χ0v) is 12.2. The Labute approximate surface area is 112 Å². The summed E-state index contributed by atoms with van der Waals surface area (Å²) in [5.74, 6) is 0. The van der Waals surface area contributed by atoms with Crippen LogP contribution in [0.3, 0.4) is 0 Å². The van der Waals surface area contributed by atoms with Gasteiger partial charge in [0, 0.05) is 12.6 Å². The van der Waals surface area contributed by atoms with Crippen LogP contribution in [0.15, 0.2) is 24.3 Å². The SMILES string of the molecule is CCCCN(CC)C(CN)c1ccccc1CC. The monoisotopic (exact) mass is 248 g/mol. The van der Waals surface area contributed by atoms with Gasteiger partial charge >= 0.3 is 0 Å². The summed E-state index contributed by atoms with van der Waals surface area (Å²) in [6.07, 6.45) is 3.57. The van der Waals surface area contributed by atoms with Crippen LogP contribution in [0.2, 0.25) is 0 Å². The van der Waals surface area contributed by atoms with Gasteiger partial charge in [0.1, 0.15) is 0 Å². The lowest BCUT2D eigenvalue weighted by molar-refractivity contribution is 0.208. The number of benzene rings is 1. The van der Waals surface area contributed by atoms with E-state index < -0.39 is 0 Å². The van der Waals surface area contributed by atoms with Gasteiger partial charge in [-0.05, 0) is 37.1 Å². The topological polar surface area (TPSA) is 29.3 Å². The predicted molar refractivity (Wildman–Crippen MR) is 79.8 cm³/mol. The van der Waals surface area contributed by atoms with Gasteiger partial charge in [-0.3, -0.25) is 4.90 Å². The number of unbranched alkanes of at least 4 members (excludes halogenated alkanes) is 1. The normalized spacial score (nSPS) is 12.9. The largest absolute Gasteiger partial charge is 0.329 e. The van der Waals surface area contributed by atoms with Crippen LogP contribution in [-0.2, 0) is 6.42 Å². The molecule has 18 heavy (non-hydrogen) atoms. The molecule has 0 amide bonds. The summed E-state index contributed by atoms with van der Waals surface area (Å²) in [7, 11) is 0. The van der Waals surface area contributed by atoms with Gasteiger partial charge < -0.3 is 5.73 Å². The van der Waals surface area contributed by atoms with Gasteiger partial charge in [-0.15, -0.1) is 0 Å². The fourth-order valence-corrected chi connectivity index (χ4v) is 2.55. The van der Waals surface area contributed by atoms with Crippen LogP contribution in [0.25, 0.3) is 0 Å². The quantitative estimate of drug-likeness (QED) is 0.764. The first kappa shape index (κ1) is 15.2. The van der Waals surface area contributed by atoms with Crippen LogP contribution < -0.4 is 5.73 Å². The molecule has 0 radical (unpaired) electrons. The summed E-state index contributed by atoms with van der Waals surface area (Å²) in [5.41, 5.74) is 8.89. The molecule has 0 heterocycles. The Morgan fingerprint density at radius 1 is 1.17 bits per heavy atom. The molecule has 2 N–H and O–H groups in total. The van der Waals surface area contributed by atoms with E-state index in [2.05, 4.69) is 49.9 Å². The molecule has 0 saturated heterocycles. The molecule has 102 valence electrons. The highest BCUT2D eigenvalue weighted by Gasteiger charge is 2.19. The third kappa shape index (κ3) is 3.82. The fourth-order valence-electron chi connectivity index (χ4n) is 2.55. The van der Waals surface area contributed by atoms with Crippen LogP contribution in [0.5, 0.6) is 0 Å². The summed E-state index contributed by atoms with van der Waals surface area (Å²) in [6.45, 7) is 9.61. The summed E-state index contributed by atoms with van der Waals surface area (Å²) in [6, 6.07) is 9.09. The van der Waals surface area contributed by atoms with Crippen molar-refractivity contribution in [2.45, 2.75) is 46.1 Å². The molecule has 1 unspecified atom stereocenters. The van der Waals surface area contributed by atoms with E-state index in [4.69, 9.17) is 5.73 Å². The molecule has 0 aliphatic carbocycles. The molecule has 0 spiro atoms. The van der Waals surface area contributed by atoms with E-state index in [0.29, 0.717) is 12.6 Å². The van der Waals surface area contributed by atoms with Gasteiger partial charge in [-0.25, -0.2) is 0 Å². The number of nitrogens with zero attached hydrogens (tertiary/aromatic N) is 1. The van der Waals surface area contributed by atoms with Gasteiger partial charge in [0.25, 0.3) is 0 Å². The van der Waals surface area contributed by atoms with Crippen molar-refractivity contribution in [3.8, 4) is 0 Å². The minimum absolute atomic E-state index is 0.373. The van der Waals surface area contributed by atoms with Crippen LogP contribution in [0.1, 0.15) is 50.8 Å². The second kappa shape index (κ2) is 8.28. The minimum Gasteiger partial charge on any atom is -0.329 e. The zero-order chi connectivity index (χ0) is 13.4. The molecule has 0 saturated carbocycles. The van der Waals surface area contributed by atoms with Crippen molar-refractivity contribution in [2.75, 3.05) is 19.6 Å². The molecule has 1 atom stereocenters.